The highest BCUT2D eigenvalue weighted by molar-refractivity contribution is 7.18. The molecule has 4 aromatic rings. The van der Waals surface area contributed by atoms with E-state index in [4.69, 9.17) is 4.74 Å². The lowest BCUT2D eigenvalue weighted by molar-refractivity contribution is 0.101. The molecule has 8 heteroatoms. The number of nitrogens with one attached hydrogen (secondary N) is 1. The third-order valence-electron chi connectivity index (χ3n) is 3.84. The summed E-state index contributed by atoms with van der Waals surface area (Å²) >= 11 is 2.96. The summed E-state index contributed by atoms with van der Waals surface area (Å²) < 4.78 is 6.24. The van der Waals surface area contributed by atoms with Crippen molar-refractivity contribution in [3.63, 3.8) is 0 Å². The summed E-state index contributed by atoms with van der Waals surface area (Å²) in [6, 6.07) is 10.6. The van der Waals surface area contributed by atoms with Crippen LogP contribution in [0.15, 0.2) is 58.3 Å². The van der Waals surface area contributed by atoms with Crippen LogP contribution in [0.5, 0.6) is 5.75 Å². The van der Waals surface area contributed by atoms with Crippen LogP contribution in [-0.4, -0.2) is 22.7 Å². The number of carbonyl (C=O) groups excluding carboxylic acids is 1. The Kier molecular flexibility index (Phi) is 4.27. The fraction of sp³-hybridized carbons (Fsp3) is 0.0556. The van der Waals surface area contributed by atoms with Crippen LogP contribution in [0.3, 0.4) is 0 Å². The average molecular weight is 383 g/mol. The molecule has 0 aliphatic rings. The highest BCUT2D eigenvalue weighted by atomic mass is 32.1. The van der Waals surface area contributed by atoms with E-state index in [1.807, 2.05) is 22.9 Å². The van der Waals surface area contributed by atoms with Gasteiger partial charge in [-0.15, -0.1) is 22.7 Å². The van der Waals surface area contributed by atoms with Gasteiger partial charge in [-0.3, -0.25) is 15.0 Å². The molecule has 0 fully saturated rings. The number of hydrogen-bond acceptors (Lipinski definition) is 6. The number of hydrogen-bond donors (Lipinski definition) is 1. The molecule has 1 N–H and O–H groups in total. The van der Waals surface area contributed by atoms with Gasteiger partial charge < -0.3 is 4.74 Å². The molecule has 1 aromatic carbocycles. The molecule has 130 valence electrons. The molecule has 0 radical (unpaired) electrons. The standard InChI is InChI=1S/C18H13N3O3S2/c1-24-12-5-2-4-11(8-12)16(22)20-21-10-19-17-15(18(21)23)13(9-26-17)14-6-3-7-25-14/h2-10H,1H3,(H,20,22). The van der Waals surface area contributed by atoms with E-state index in [0.29, 0.717) is 21.5 Å². The predicted molar refractivity (Wildman–Crippen MR) is 104 cm³/mol. The highest BCUT2D eigenvalue weighted by Crippen LogP contribution is 2.33. The van der Waals surface area contributed by atoms with E-state index in [1.54, 1.807) is 35.6 Å². The molecule has 0 atom stereocenters. The fourth-order valence-corrected chi connectivity index (χ4v) is 4.28. The summed E-state index contributed by atoms with van der Waals surface area (Å²) in [5, 5.41) is 4.38. The van der Waals surface area contributed by atoms with E-state index in [-0.39, 0.29) is 5.56 Å². The first kappa shape index (κ1) is 16.5. The van der Waals surface area contributed by atoms with Gasteiger partial charge in [-0.1, -0.05) is 12.1 Å². The van der Waals surface area contributed by atoms with Crippen molar-refractivity contribution in [2.24, 2.45) is 0 Å². The Bertz CT molecular complexity index is 1150. The molecular formula is C18H13N3O3S2. The van der Waals surface area contributed by atoms with E-state index in [9.17, 15) is 9.59 Å². The van der Waals surface area contributed by atoms with Crippen molar-refractivity contribution in [3.05, 3.63) is 69.4 Å². The van der Waals surface area contributed by atoms with Crippen molar-refractivity contribution in [2.45, 2.75) is 0 Å². The molecule has 4 rings (SSSR count). The minimum atomic E-state index is -0.417. The number of benzene rings is 1. The molecule has 6 nitrogen and oxygen atoms in total. The van der Waals surface area contributed by atoms with Crippen LogP contribution in [0.25, 0.3) is 20.7 Å². The second kappa shape index (κ2) is 6.74. The zero-order valence-corrected chi connectivity index (χ0v) is 15.3. The summed E-state index contributed by atoms with van der Waals surface area (Å²) in [7, 11) is 1.53. The SMILES string of the molecule is COc1cccc(C(=O)Nn2cnc3scc(-c4cccs4)c3c2=O)c1. The van der Waals surface area contributed by atoms with Crippen LogP contribution in [0, 0.1) is 0 Å². The van der Waals surface area contributed by atoms with Gasteiger partial charge >= 0.3 is 0 Å². The lowest BCUT2D eigenvalue weighted by Gasteiger charge is -2.09. The molecule has 0 unspecified atom stereocenters. The van der Waals surface area contributed by atoms with Crippen LogP contribution < -0.4 is 15.7 Å². The molecule has 0 bridgehead atoms. The lowest BCUT2D eigenvalue weighted by atomic mass is 10.2. The summed E-state index contributed by atoms with van der Waals surface area (Å²) in [6.45, 7) is 0. The molecule has 0 saturated carbocycles. The summed E-state index contributed by atoms with van der Waals surface area (Å²) in [5.41, 5.74) is 3.50. The van der Waals surface area contributed by atoms with Crippen molar-refractivity contribution in [3.8, 4) is 16.2 Å². The minimum Gasteiger partial charge on any atom is -0.497 e. The molecule has 0 spiro atoms. The van der Waals surface area contributed by atoms with Gasteiger partial charge in [0.05, 0.1) is 12.5 Å². The Labute approximate surface area is 156 Å². The second-order valence-electron chi connectivity index (χ2n) is 5.40. The number of fused-ring (bicyclic) bond motifs is 1. The van der Waals surface area contributed by atoms with E-state index in [2.05, 4.69) is 10.4 Å². The molecule has 3 aromatic heterocycles. The smallest absolute Gasteiger partial charge is 0.281 e. The third kappa shape index (κ3) is 2.89. The topological polar surface area (TPSA) is 73.2 Å². The van der Waals surface area contributed by atoms with Gasteiger partial charge in [0.25, 0.3) is 11.5 Å². The number of aromatic nitrogens is 2. The number of rotatable bonds is 4. The quantitative estimate of drug-likeness (QED) is 0.585. The van der Waals surface area contributed by atoms with Gasteiger partial charge in [0, 0.05) is 21.4 Å². The molecule has 0 aliphatic heterocycles. The van der Waals surface area contributed by atoms with Crippen molar-refractivity contribution >= 4 is 38.8 Å². The van der Waals surface area contributed by atoms with E-state index in [0.717, 1.165) is 15.1 Å². The largest absolute Gasteiger partial charge is 0.497 e. The molecular weight excluding hydrogens is 370 g/mol. The monoisotopic (exact) mass is 383 g/mol. The minimum absolute atomic E-state index is 0.309. The van der Waals surface area contributed by atoms with Crippen LogP contribution in [0.1, 0.15) is 10.4 Å². The van der Waals surface area contributed by atoms with Crippen LogP contribution in [0.4, 0.5) is 0 Å². The first-order chi connectivity index (χ1) is 12.7. The molecule has 26 heavy (non-hydrogen) atoms. The number of methoxy groups -OCH3 is 1. The van der Waals surface area contributed by atoms with E-state index < -0.39 is 5.91 Å². The molecule has 1 amide bonds. The fourth-order valence-electron chi connectivity index (χ4n) is 2.56. The van der Waals surface area contributed by atoms with Gasteiger partial charge in [0.2, 0.25) is 0 Å². The zero-order chi connectivity index (χ0) is 18.1. The Morgan fingerprint density at radius 3 is 2.88 bits per heavy atom. The first-order valence-electron chi connectivity index (χ1n) is 7.65. The maximum atomic E-state index is 12.9. The third-order valence-corrected chi connectivity index (χ3v) is 5.62. The molecule has 0 aliphatic carbocycles. The Morgan fingerprint density at radius 1 is 1.23 bits per heavy atom. The molecule has 0 saturated heterocycles. The van der Waals surface area contributed by atoms with Gasteiger partial charge in [-0.05, 0) is 29.6 Å². The average Bonchev–Trinajstić information content (AvgIpc) is 3.33. The van der Waals surface area contributed by atoms with Crippen molar-refractivity contribution in [1.29, 1.82) is 0 Å². The first-order valence-corrected chi connectivity index (χ1v) is 9.41. The van der Waals surface area contributed by atoms with E-state index >= 15 is 0 Å². The summed E-state index contributed by atoms with van der Waals surface area (Å²) in [4.78, 5) is 31.3. The normalized spacial score (nSPS) is 10.8. The van der Waals surface area contributed by atoms with Gasteiger partial charge in [-0.2, -0.15) is 0 Å². The number of amides is 1. The maximum Gasteiger partial charge on any atom is 0.281 e. The summed E-state index contributed by atoms with van der Waals surface area (Å²) in [6.07, 6.45) is 1.33. The Morgan fingerprint density at radius 2 is 2.12 bits per heavy atom. The second-order valence-corrected chi connectivity index (χ2v) is 7.21. The summed E-state index contributed by atoms with van der Waals surface area (Å²) in [5.74, 6) is 0.149. The Balaban J connectivity index is 1.73. The number of carbonyl (C=O) groups is 1. The van der Waals surface area contributed by atoms with Crippen LogP contribution in [0.2, 0.25) is 0 Å². The van der Waals surface area contributed by atoms with Gasteiger partial charge in [0.1, 0.15) is 16.9 Å². The lowest BCUT2D eigenvalue weighted by Crippen LogP contribution is -2.33. The number of thiophene rings is 2. The van der Waals surface area contributed by atoms with Crippen LogP contribution >= 0.6 is 22.7 Å². The van der Waals surface area contributed by atoms with Crippen molar-refractivity contribution in [2.75, 3.05) is 12.5 Å². The highest BCUT2D eigenvalue weighted by Gasteiger charge is 2.15. The maximum absolute atomic E-state index is 12.9. The van der Waals surface area contributed by atoms with Crippen LogP contribution in [-0.2, 0) is 0 Å². The van der Waals surface area contributed by atoms with Gasteiger partial charge in [0.15, 0.2) is 0 Å². The van der Waals surface area contributed by atoms with E-state index in [1.165, 1.54) is 24.8 Å². The predicted octanol–water partition coefficient (Wildman–Crippen LogP) is 3.58. The Hall–Kier alpha value is -2.97. The van der Waals surface area contributed by atoms with Crippen molar-refractivity contribution < 1.29 is 9.53 Å². The van der Waals surface area contributed by atoms with Crippen molar-refractivity contribution in [1.82, 2.24) is 9.66 Å². The van der Waals surface area contributed by atoms with Gasteiger partial charge in [-0.25, -0.2) is 9.66 Å². The number of nitrogens with zero attached hydrogens (tertiary/aromatic N) is 2. The number of ether oxygens (including phenoxy) is 1. The zero-order valence-electron chi connectivity index (χ0n) is 13.6. The molecule has 3 heterocycles.